The number of nitrogens with one attached hydrogen (secondary N) is 1. The average Bonchev–Trinajstić information content (AvgIpc) is 2.47. The van der Waals surface area contributed by atoms with Crippen molar-refractivity contribution < 1.29 is 4.74 Å². The summed E-state index contributed by atoms with van der Waals surface area (Å²) in [5.41, 5.74) is 2.25. The van der Waals surface area contributed by atoms with Gasteiger partial charge in [-0.2, -0.15) is 0 Å². The van der Waals surface area contributed by atoms with Gasteiger partial charge < -0.3 is 9.72 Å². The molecule has 13 heavy (non-hydrogen) atoms. The second-order valence-corrected chi connectivity index (χ2v) is 3.42. The topological polar surface area (TPSA) is 37.9 Å². The summed E-state index contributed by atoms with van der Waals surface area (Å²) in [5.74, 6) is 0.562. The highest BCUT2D eigenvalue weighted by Crippen LogP contribution is 2.25. The van der Waals surface area contributed by atoms with Gasteiger partial charge in [-0.3, -0.25) is 0 Å². The maximum atomic E-state index is 5.15. The number of fused-ring (bicyclic) bond motifs is 1. The Hall–Kier alpha value is -1.35. The first kappa shape index (κ1) is 7.09. The van der Waals surface area contributed by atoms with Crippen LogP contribution in [0.1, 0.15) is 11.5 Å². The van der Waals surface area contributed by atoms with Crippen LogP contribution in [0, 0.1) is 0 Å². The number of ether oxygens (including phenoxy) is 1. The highest BCUT2D eigenvalue weighted by molar-refractivity contribution is 5.75. The third-order valence-electron chi connectivity index (χ3n) is 2.53. The molecule has 3 rings (SSSR count). The summed E-state index contributed by atoms with van der Waals surface area (Å²) in [5, 5.41) is 1.18. The van der Waals surface area contributed by atoms with Gasteiger partial charge in [0.1, 0.15) is 5.65 Å². The summed E-state index contributed by atoms with van der Waals surface area (Å²) in [7, 11) is 0. The summed E-state index contributed by atoms with van der Waals surface area (Å²) >= 11 is 0. The van der Waals surface area contributed by atoms with Gasteiger partial charge in [0.15, 0.2) is 0 Å². The molecule has 1 fully saturated rings. The highest BCUT2D eigenvalue weighted by atomic mass is 16.5. The van der Waals surface area contributed by atoms with Crippen LogP contribution in [0.25, 0.3) is 11.0 Å². The van der Waals surface area contributed by atoms with Gasteiger partial charge in [-0.1, -0.05) is 0 Å². The number of aromatic amines is 1. The van der Waals surface area contributed by atoms with Crippen molar-refractivity contribution in [3.05, 3.63) is 30.1 Å². The fourth-order valence-corrected chi connectivity index (χ4v) is 1.61. The molecule has 0 aliphatic carbocycles. The molecule has 0 unspecified atom stereocenters. The molecule has 3 nitrogen and oxygen atoms in total. The van der Waals surface area contributed by atoms with Gasteiger partial charge in [-0.25, -0.2) is 4.98 Å². The average molecular weight is 174 g/mol. The summed E-state index contributed by atoms with van der Waals surface area (Å²) in [4.78, 5) is 7.41. The van der Waals surface area contributed by atoms with E-state index in [0.29, 0.717) is 5.92 Å². The Morgan fingerprint density at radius 3 is 3.15 bits per heavy atom. The summed E-state index contributed by atoms with van der Waals surface area (Å²) < 4.78 is 5.15. The number of H-pyrrole nitrogens is 1. The summed E-state index contributed by atoms with van der Waals surface area (Å²) in [6.45, 7) is 1.69. The van der Waals surface area contributed by atoms with E-state index in [1.54, 1.807) is 0 Å². The molecule has 2 aromatic rings. The molecule has 3 heteroatoms. The first-order chi connectivity index (χ1) is 6.43. The maximum Gasteiger partial charge on any atom is 0.137 e. The summed E-state index contributed by atoms with van der Waals surface area (Å²) in [6.07, 6.45) is 3.85. The van der Waals surface area contributed by atoms with Crippen LogP contribution in [0.5, 0.6) is 0 Å². The first-order valence-electron chi connectivity index (χ1n) is 4.44. The Morgan fingerprint density at radius 2 is 2.38 bits per heavy atom. The molecule has 0 bridgehead atoms. The van der Waals surface area contributed by atoms with Crippen molar-refractivity contribution in [2.24, 2.45) is 0 Å². The van der Waals surface area contributed by atoms with Gasteiger partial charge in [-0.15, -0.1) is 0 Å². The number of hydrogen-bond acceptors (Lipinski definition) is 2. The largest absolute Gasteiger partial charge is 0.380 e. The van der Waals surface area contributed by atoms with Gasteiger partial charge >= 0.3 is 0 Å². The Labute approximate surface area is 75.7 Å². The molecule has 0 aromatic carbocycles. The number of rotatable bonds is 1. The molecule has 0 saturated carbocycles. The van der Waals surface area contributed by atoms with Gasteiger partial charge in [-0.05, 0) is 17.7 Å². The standard InChI is InChI=1S/C10H10N2O/c1-2-11-10-7(1)3-8(4-12-10)9-5-13-6-9/h1-4,9H,5-6H2,(H,11,12). The van der Waals surface area contributed by atoms with Crippen molar-refractivity contribution in [1.82, 2.24) is 9.97 Å². The molecule has 1 aliphatic heterocycles. The van der Waals surface area contributed by atoms with E-state index in [0.717, 1.165) is 18.9 Å². The van der Waals surface area contributed by atoms with Crippen molar-refractivity contribution in [2.45, 2.75) is 5.92 Å². The fraction of sp³-hybridized carbons (Fsp3) is 0.300. The van der Waals surface area contributed by atoms with E-state index in [1.165, 1.54) is 10.9 Å². The lowest BCUT2D eigenvalue weighted by Gasteiger charge is -2.25. The molecular weight excluding hydrogens is 164 g/mol. The smallest absolute Gasteiger partial charge is 0.137 e. The fourth-order valence-electron chi connectivity index (χ4n) is 1.61. The Balaban J connectivity index is 2.09. The van der Waals surface area contributed by atoms with E-state index in [-0.39, 0.29) is 0 Å². The maximum absolute atomic E-state index is 5.15. The lowest BCUT2D eigenvalue weighted by Crippen LogP contribution is -2.25. The van der Waals surface area contributed by atoms with Crippen LogP contribution in [-0.4, -0.2) is 23.2 Å². The lowest BCUT2D eigenvalue weighted by molar-refractivity contribution is 0.00835. The van der Waals surface area contributed by atoms with E-state index in [4.69, 9.17) is 4.74 Å². The predicted octanol–water partition coefficient (Wildman–Crippen LogP) is 1.68. The van der Waals surface area contributed by atoms with Crippen LogP contribution < -0.4 is 0 Å². The van der Waals surface area contributed by atoms with Crippen molar-refractivity contribution in [1.29, 1.82) is 0 Å². The second-order valence-electron chi connectivity index (χ2n) is 3.42. The molecular formula is C10H10N2O. The minimum atomic E-state index is 0.562. The summed E-state index contributed by atoms with van der Waals surface area (Å²) in [6, 6.07) is 4.23. The van der Waals surface area contributed by atoms with Crippen LogP contribution in [0.15, 0.2) is 24.5 Å². The third kappa shape index (κ3) is 1.04. The van der Waals surface area contributed by atoms with E-state index < -0.39 is 0 Å². The van der Waals surface area contributed by atoms with Crippen LogP contribution in [0.3, 0.4) is 0 Å². The Kier molecular flexibility index (Phi) is 1.40. The minimum Gasteiger partial charge on any atom is -0.380 e. The van der Waals surface area contributed by atoms with Crippen molar-refractivity contribution in [3.8, 4) is 0 Å². The molecule has 0 spiro atoms. The Morgan fingerprint density at radius 1 is 1.46 bits per heavy atom. The van der Waals surface area contributed by atoms with Crippen LogP contribution >= 0.6 is 0 Å². The zero-order valence-electron chi connectivity index (χ0n) is 7.16. The number of hydrogen-bond donors (Lipinski definition) is 1. The zero-order chi connectivity index (χ0) is 8.67. The zero-order valence-corrected chi connectivity index (χ0v) is 7.16. The molecule has 1 N–H and O–H groups in total. The predicted molar refractivity (Wildman–Crippen MR) is 49.7 cm³/mol. The highest BCUT2D eigenvalue weighted by Gasteiger charge is 2.20. The second kappa shape index (κ2) is 2.57. The Bertz CT molecular complexity index is 431. The van der Waals surface area contributed by atoms with Gasteiger partial charge in [0.05, 0.1) is 13.2 Å². The molecule has 0 radical (unpaired) electrons. The first-order valence-corrected chi connectivity index (χ1v) is 4.44. The van der Waals surface area contributed by atoms with Crippen molar-refractivity contribution >= 4 is 11.0 Å². The molecule has 3 heterocycles. The molecule has 1 aliphatic rings. The number of aromatic nitrogens is 2. The molecule has 2 aromatic heterocycles. The van der Waals surface area contributed by atoms with Crippen LogP contribution in [0.2, 0.25) is 0 Å². The monoisotopic (exact) mass is 174 g/mol. The SMILES string of the molecule is c1cc2cc(C3COC3)cnc2[nH]1. The van der Waals surface area contributed by atoms with Gasteiger partial charge in [0, 0.05) is 23.7 Å². The minimum absolute atomic E-state index is 0.562. The molecule has 0 amide bonds. The van der Waals surface area contributed by atoms with E-state index in [9.17, 15) is 0 Å². The third-order valence-corrected chi connectivity index (χ3v) is 2.53. The van der Waals surface area contributed by atoms with Crippen LogP contribution in [0.4, 0.5) is 0 Å². The molecule has 1 saturated heterocycles. The number of pyridine rings is 1. The van der Waals surface area contributed by atoms with E-state index in [1.807, 2.05) is 18.5 Å². The van der Waals surface area contributed by atoms with Gasteiger partial charge in [0.2, 0.25) is 0 Å². The molecule has 66 valence electrons. The molecule has 0 atom stereocenters. The van der Waals surface area contributed by atoms with Crippen molar-refractivity contribution in [3.63, 3.8) is 0 Å². The van der Waals surface area contributed by atoms with E-state index in [2.05, 4.69) is 16.0 Å². The van der Waals surface area contributed by atoms with Gasteiger partial charge in [0.25, 0.3) is 0 Å². The van der Waals surface area contributed by atoms with Crippen LogP contribution in [-0.2, 0) is 4.74 Å². The van der Waals surface area contributed by atoms with E-state index >= 15 is 0 Å². The normalized spacial score (nSPS) is 17.5. The quantitative estimate of drug-likeness (QED) is 0.714. The van der Waals surface area contributed by atoms with Crippen molar-refractivity contribution in [2.75, 3.05) is 13.2 Å². The number of nitrogens with zero attached hydrogens (tertiary/aromatic N) is 1. The lowest BCUT2D eigenvalue weighted by atomic mass is 9.99.